The predicted molar refractivity (Wildman–Crippen MR) is 84.1 cm³/mol. The highest BCUT2D eigenvalue weighted by molar-refractivity contribution is 9.10. The molecule has 0 saturated carbocycles. The summed E-state index contributed by atoms with van der Waals surface area (Å²) in [7, 11) is 1.56. The van der Waals surface area contributed by atoms with Crippen LogP contribution in [0.1, 0.15) is 18.5 Å². The number of benzene rings is 2. The number of nitrogens with one attached hydrogen (secondary N) is 1. The Morgan fingerprint density at radius 1 is 1.25 bits per heavy atom. The SMILES string of the molecule is COc1cc(NC(C)c2cc(Br)ccc2F)ccc1Cl. The molecule has 5 heteroatoms. The fourth-order valence-corrected chi connectivity index (χ4v) is 2.50. The van der Waals surface area contributed by atoms with Crippen LogP contribution in [-0.4, -0.2) is 7.11 Å². The van der Waals surface area contributed by atoms with E-state index in [1.54, 1.807) is 31.4 Å². The molecule has 0 aromatic heterocycles. The number of hydrogen-bond acceptors (Lipinski definition) is 2. The third-order valence-corrected chi connectivity index (χ3v) is 3.76. The van der Waals surface area contributed by atoms with E-state index in [0.29, 0.717) is 16.3 Å². The molecule has 2 aromatic rings. The maximum Gasteiger partial charge on any atom is 0.139 e. The minimum Gasteiger partial charge on any atom is -0.495 e. The van der Waals surface area contributed by atoms with Crippen molar-refractivity contribution in [3.8, 4) is 5.75 Å². The van der Waals surface area contributed by atoms with Crippen LogP contribution in [0.4, 0.5) is 10.1 Å². The van der Waals surface area contributed by atoms with E-state index in [4.69, 9.17) is 16.3 Å². The highest BCUT2D eigenvalue weighted by atomic mass is 79.9. The van der Waals surface area contributed by atoms with E-state index in [2.05, 4.69) is 21.2 Å². The Labute approximate surface area is 131 Å². The van der Waals surface area contributed by atoms with Crippen LogP contribution in [0.15, 0.2) is 40.9 Å². The molecule has 20 heavy (non-hydrogen) atoms. The minimum atomic E-state index is -0.242. The first-order chi connectivity index (χ1) is 9.51. The molecular weight excluding hydrogens is 345 g/mol. The van der Waals surface area contributed by atoms with E-state index in [9.17, 15) is 4.39 Å². The lowest BCUT2D eigenvalue weighted by Gasteiger charge is -2.17. The van der Waals surface area contributed by atoms with Crippen molar-refractivity contribution in [2.75, 3.05) is 12.4 Å². The van der Waals surface area contributed by atoms with Crippen molar-refractivity contribution in [3.05, 3.63) is 57.3 Å². The van der Waals surface area contributed by atoms with Gasteiger partial charge in [-0.25, -0.2) is 4.39 Å². The molecule has 1 N–H and O–H groups in total. The van der Waals surface area contributed by atoms with Gasteiger partial charge in [0.15, 0.2) is 0 Å². The summed E-state index contributed by atoms with van der Waals surface area (Å²) < 4.78 is 19.8. The summed E-state index contributed by atoms with van der Waals surface area (Å²) in [5, 5.41) is 3.77. The zero-order valence-corrected chi connectivity index (χ0v) is 13.4. The van der Waals surface area contributed by atoms with E-state index in [0.717, 1.165) is 10.2 Å². The molecular formula is C15H14BrClFNO. The number of hydrogen-bond donors (Lipinski definition) is 1. The van der Waals surface area contributed by atoms with Crippen molar-refractivity contribution in [1.29, 1.82) is 0 Å². The summed E-state index contributed by atoms with van der Waals surface area (Å²) in [6, 6.07) is 10.1. The van der Waals surface area contributed by atoms with Gasteiger partial charge in [-0.1, -0.05) is 27.5 Å². The topological polar surface area (TPSA) is 21.3 Å². The molecule has 1 unspecified atom stereocenters. The summed E-state index contributed by atoms with van der Waals surface area (Å²) >= 11 is 9.33. The van der Waals surface area contributed by atoms with Gasteiger partial charge in [-0.2, -0.15) is 0 Å². The fourth-order valence-electron chi connectivity index (χ4n) is 1.92. The van der Waals surface area contributed by atoms with Gasteiger partial charge in [-0.15, -0.1) is 0 Å². The summed E-state index contributed by atoms with van der Waals surface area (Å²) in [6.45, 7) is 1.89. The zero-order chi connectivity index (χ0) is 14.7. The molecule has 2 rings (SSSR count). The molecule has 0 saturated heterocycles. The Bertz CT molecular complexity index is 621. The van der Waals surface area contributed by atoms with Gasteiger partial charge in [0.25, 0.3) is 0 Å². The van der Waals surface area contributed by atoms with E-state index < -0.39 is 0 Å². The standard InChI is InChI=1S/C15H14BrClFNO/c1-9(12-7-10(16)3-6-14(12)18)19-11-4-5-13(17)15(8-11)20-2/h3-9,19H,1-2H3. The van der Waals surface area contributed by atoms with Crippen LogP contribution in [0.5, 0.6) is 5.75 Å². The lowest BCUT2D eigenvalue weighted by atomic mass is 10.1. The number of methoxy groups -OCH3 is 1. The number of anilines is 1. The molecule has 0 bridgehead atoms. The van der Waals surface area contributed by atoms with Crippen molar-refractivity contribution in [2.24, 2.45) is 0 Å². The van der Waals surface area contributed by atoms with E-state index in [1.165, 1.54) is 6.07 Å². The van der Waals surface area contributed by atoms with E-state index >= 15 is 0 Å². The second-order valence-corrected chi connectivity index (χ2v) is 5.70. The van der Waals surface area contributed by atoms with Gasteiger partial charge < -0.3 is 10.1 Å². The largest absolute Gasteiger partial charge is 0.495 e. The first-order valence-electron chi connectivity index (χ1n) is 6.06. The summed E-state index contributed by atoms with van der Waals surface area (Å²) in [5.41, 5.74) is 1.41. The Hall–Kier alpha value is -1.26. The van der Waals surface area contributed by atoms with Gasteiger partial charge in [0.2, 0.25) is 0 Å². The lowest BCUT2D eigenvalue weighted by molar-refractivity contribution is 0.415. The number of rotatable bonds is 4. The van der Waals surface area contributed by atoms with Gasteiger partial charge in [-0.3, -0.25) is 0 Å². The van der Waals surface area contributed by atoms with Crippen molar-refractivity contribution >= 4 is 33.2 Å². The van der Waals surface area contributed by atoms with Gasteiger partial charge >= 0.3 is 0 Å². The van der Waals surface area contributed by atoms with Crippen molar-refractivity contribution in [2.45, 2.75) is 13.0 Å². The Morgan fingerprint density at radius 3 is 2.70 bits per heavy atom. The summed E-state index contributed by atoms with van der Waals surface area (Å²) in [4.78, 5) is 0. The molecule has 2 aromatic carbocycles. The predicted octanol–water partition coefficient (Wildman–Crippen LogP) is 5.42. The van der Waals surface area contributed by atoms with Gasteiger partial charge in [0, 0.05) is 21.8 Å². The molecule has 0 aliphatic carbocycles. The Kier molecular flexibility index (Phi) is 4.89. The second-order valence-electron chi connectivity index (χ2n) is 4.38. The molecule has 106 valence electrons. The third-order valence-electron chi connectivity index (χ3n) is 2.96. The summed E-state index contributed by atoms with van der Waals surface area (Å²) in [5.74, 6) is 0.340. The molecule has 2 nitrogen and oxygen atoms in total. The van der Waals surface area contributed by atoms with Crippen LogP contribution in [0.2, 0.25) is 5.02 Å². The van der Waals surface area contributed by atoms with E-state index in [1.807, 2.05) is 13.0 Å². The number of halogens is 3. The highest BCUT2D eigenvalue weighted by Gasteiger charge is 2.12. The molecule has 0 aliphatic heterocycles. The highest BCUT2D eigenvalue weighted by Crippen LogP contribution is 2.30. The maximum atomic E-state index is 13.8. The van der Waals surface area contributed by atoms with Crippen molar-refractivity contribution in [1.82, 2.24) is 0 Å². The van der Waals surface area contributed by atoms with Crippen LogP contribution in [-0.2, 0) is 0 Å². The Balaban J connectivity index is 2.23. The maximum absolute atomic E-state index is 13.8. The number of ether oxygens (including phenoxy) is 1. The minimum absolute atomic E-state index is 0.182. The quantitative estimate of drug-likeness (QED) is 0.787. The lowest BCUT2D eigenvalue weighted by Crippen LogP contribution is -2.08. The van der Waals surface area contributed by atoms with Crippen LogP contribution in [0.3, 0.4) is 0 Å². The van der Waals surface area contributed by atoms with Gasteiger partial charge in [0.1, 0.15) is 11.6 Å². The average Bonchev–Trinajstić information content (AvgIpc) is 2.43. The van der Waals surface area contributed by atoms with Crippen LogP contribution >= 0.6 is 27.5 Å². The molecule has 0 radical (unpaired) electrons. The molecule has 0 aliphatic rings. The molecule has 0 heterocycles. The third kappa shape index (κ3) is 3.44. The van der Waals surface area contributed by atoms with Crippen LogP contribution in [0, 0.1) is 5.82 Å². The van der Waals surface area contributed by atoms with Crippen molar-refractivity contribution < 1.29 is 9.13 Å². The second kappa shape index (κ2) is 6.46. The summed E-state index contributed by atoms with van der Waals surface area (Å²) in [6.07, 6.45) is 0. The van der Waals surface area contributed by atoms with Crippen LogP contribution < -0.4 is 10.1 Å². The van der Waals surface area contributed by atoms with Crippen LogP contribution in [0.25, 0.3) is 0 Å². The fraction of sp³-hybridized carbons (Fsp3) is 0.200. The molecule has 0 amide bonds. The van der Waals surface area contributed by atoms with Gasteiger partial charge in [-0.05, 0) is 37.3 Å². The first kappa shape index (κ1) is 15.1. The average molecular weight is 359 g/mol. The normalized spacial score (nSPS) is 12.1. The zero-order valence-electron chi connectivity index (χ0n) is 11.1. The first-order valence-corrected chi connectivity index (χ1v) is 7.23. The molecule has 0 spiro atoms. The van der Waals surface area contributed by atoms with Crippen molar-refractivity contribution in [3.63, 3.8) is 0 Å². The molecule has 1 atom stereocenters. The van der Waals surface area contributed by atoms with E-state index in [-0.39, 0.29) is 11.9 Å². The van der Waals surface area contributed by atoms with Gasteiger partial charge in [0.05, 0.1) is 18.2 Å². The monoisotopic (exact) mass is 357 g/mol. The molecule has 0 fully saturated rings. The Morgan fingerprint density at radius 2 is 2.00 bits per heavy atom. The smallest absolute Gasteiger partial charge is 0.139 e.